The van der Waals surface area contributed by atoms with Crippen LogP contribution in [0.15, 0.2) is 5.10 Å². The summed E-state index contributed by atoms with van der Waals surface area (Å²) in [6, 6.07) is 0. The highest BCUT2D eigenvalue weighted by atomic mass is 16.5. The Morgan fingerprint density at radius 1 is 1.67 bits per heavy atom. The summed E-state index contributed by atoms with van der Waals surface area (Å²) in [6.45, 7) is 0.187. The molecule has 1 aliphatic heterocycles. The third-order valence-electron chi connectivity index (χ3n) is 1.92. The van der Waals surface area contributed by atoms with E-state index in [1.165, 1.54) is 7.05 Å². The van der Waals surface area contributed by atoms with Crippen LogP contribution < -0.4 is 0 Å². The lowest BCUT2D eigenvalue weighted by molar-refractivity contribution is -0.136. The number of hydrazone groups is 1. The van der Waals surface area contributed by atoms with E-state index in [0.29, 0.717) is 19.3 Å². The van der Waals surface area contributed by atoms with Crippen molar-refractivity contribution in [1.82, 2.24) is 5.01 Å². The van der Waals surface area contributed by atoms with Gasteiger partial charge in [0, 0.05) is 26.3 Å². The van der Waals surface area contributed by atoms with Gasteiger partial charge in [-0.1, -0.05) is 0 Å². The van der Waals surface area contributed by atoms with Crippen molar-refractivity contribution in [3.8, 4) is 12.3 Å². The Bertz CT molecular complexity index is 341. The number of carbonyl (C=O) groups is 2. The molecule has 0 atom stereocenters. The summed E-state index contributed by atoms with van der Waals surface area (Å²) in [6.07, 6.45) is 6.01. The first-order valence-electron chi connectivity index (χ1n) is 4.59. The van der Waals surface area contributed by atoms with Gasteiger partial charge in [0.15, 0.2) is 0 Å². The molecule has 0 aromatic heterocycles. The number of ether oxygens (including phenoxy) is 1. The number of amides is 1. The molecule has 0 saturated carbocycles. The van der Waals surface area contributed by atoms with Gasteiger partial charge in [-0.3, -0.25) is 4.79 Å². The first kappa shape index (κ1) is 11.2. The normalized spacial score (nSPS) is 15.6. The van der Waals surface area contributed by atoms with Crippen LogP contribution in [0.3, 0.4) is 0 Å². The van der Waals surface area contributed by atoms with Crippen LogP contribution in [0.25, 0.3) is 0 Å². The summed E-state index contributed by atoms with van der Waals surface area (Å²) in [7, 11) is 1.51. The summed E-state index contributed by atoms with van der Waals surface area (Å²) >= 11 is 0. The van der Waals surface area contributed by atoms with Gasteiger partial charge in [-0.2, -0.15) is 5.10 Å². The van der Waals surface area contributed by atoms with E-state index in [4.69, 9.17) is 11.2 Å². The molecule has 0 spiro atoms. The molecule has 0 N–H and O–H groups in total. The third kappa shape index (κ3) is 3.09. The van der Waals surface area contributed by atoms with Gasteiger partial charge < -0.3 is 4.74 Å². The average molecular weight is 208 g/mol. The number of nitrogens with zero attached hydrogens (tertiary/aromatic N) is 2. The van der Waals surface area contributed by atoms with E-state index >= 15 is 0 Å². The standard InChI is InChI=1S/C10H12N2O3/c1-3-4-7-15-10(14)8-5-6-9(13)12(2)11-8/h1H,4-7H2,2H3. The largest absolute Gasteiger partial charge is 0.460 e. The predicted molar refractivity (Wildman–Crippen MR) is 53.8 cm³/mol. The van der Waals surface area contributed by atoms with Crippen LogP contribution in [0.1, 0.15) is 19.3 Å². The molecule has 5 nitrogen and oxygen atoms in total. The van der Waals surface area contributed by atoms with E-state index in [1.807, 2.05) is 0 Å². The third-order valence-corrected chi connectivity index (χ3v) is 1.92. The number of hydrogen-bond donors (Lipinski definition) is 0. The molecule has 5 heteroatoms. The summed E-state index contributed by atoms with van der Waals surface area (Å²) in [5, 5.41) is 4.97. The second-order valence-electron chi connectivity index (χ2n) is 3.05. The molecule has 0 unspecified atom stereocenters. The van der Waals surface area contributed by atoms with Gasteiger partial charge in [-0.25, -0.2) is 9.80 Å². The molecule has 1 aliphatic rings. The summed E-state index contributed by atoms with van der Waals surface area (Å²) < 4.78 is 4.86. The lowest BCUT2D eigenvalue weighted by atomic mass is 10.2. The van der Waals surface area contributed by atoms with Crippen LogP contribution in [0, 0.1) is 12.3 Å². The van der Waals surface area contributed by atoms with Crippen molar-refractivity contribution in [2.75, 3.05) is 13.7 Å². The quantitative estimate of drug-likeness (QED) is 0.377. The Hall–Kier alpha value is -1.83. The second-order valence-corrected chi connectivity index (χ2v) is 3.05. The van der Waals surface area contributed by atoms with Crippen molar-refractivity contribution in [3.63, 3.8) is 0 Å². The van der Waals surface area contributed by atoms with Crippen LogP contribution in [-0.2, 0) is 14.3 Å². The minimum absolute atomic E-state index is 0.102. The van der Waals surface area contributed by atoms with Crippen molar-refractivity contribution in [1.29, 1.82) is 0 Å². The Kier molecular flexibility index (Phi) is 3.86. The minimum Gasteiger partial charge on any atom is -0.460 e. The van der Waals surface area contributed by atoms with E-state index in [-0.39, 0.29) is 18.2 Å². The van der Waals surface area contributed by atoms with Crippen LogP contribution in [0.4, 0.5) is 0 Å². The highest BCUT2D eigenvalue weighted by Gasteiger charge is 2.22. The van der Waals surface area contributed by atoms with Crippen molar-refractivity contribution < 1.29 is 14.3 Å². The van der Waals surface area contributed by atoms with Crippen molar-refractivity contribution in [2.24, 2.45) is 5.10 Å². The van der Waals surface area contributed by atoms with Gasteiger partial charge in [-0.15, -0.1) is 12.3 Å². The second kappa shape index (κ2) is 5.15. The molecule has 1 rings (SSSR count). The summed E-state index contributed by atoms with van der Waals surface area (Å²) in [5.41, 5.74) is 0.272. The number of esters is 1. The Balaban J connectivity index is 2.50. The zero-order valence-corrected chi connectivity index (χ0v) is 8.52. The Morgan fingerprint density at radius 3 is 3.00 bits per heavy atom. The maximum absolute atomic E-state index is 11.4. The molecule has 0 aromatic rings. The van der Waals surface area contributed by atoms with Gasteiger partial charge in [0.1, 0.15) is 12.3 Å². The lowest BCUT2D eigenvalue weighted by Crippen LogP contribution is -2.32. The highest BCUT2D eigenvalue weighted by molar-refractivity contribution is 6.37. The molecule has 0 bridgehead atoms. The van der Waals surface area contributed by atoms with Crippen LogP contribution >= 0.6 is 0 Å². The number of carbonyl (C=O) groups excluding carboxylic acids is 2. The summed E-state index contributed by atoms with van der Waals surface area (Å²) in [4.78, 5) is 22.4. The number of terminal acetylenes is 1. The molecule has 80 valence electrons. The zero-order valence-electron chi connectivity index (χ0n) is 8.52. The monoisotopic (exact) mass is 208 g/mol. The average Bonchev–Trinajstić information content (AvgIpc) is 2.22. The van der Waals surface area contributed by atoms with Crippen LogP contribution in [0.2, 0.25) is 0 Å². The first-order chi connectivity index (χ1) is 7.15. The fourth-order valence-electron chi connectivity index (χ4n) is 1.10. The van der Waals surface area contributed by atoms with Crippen molar-refractivity contribution >= 4 is 17.6 Å². The van der Waals surface area contributed by atoms with Gasteiger partial charge in [0.2, 0.25) is 5.91 Å². The van der Waals surface area contributed by atoms with Gasteiger partial charge in [0.05, 0.1) is 0 Å². The van der Waals surface area contributed by atoms with E-state index in [2.05, 4.69) is 11.0 Å². The molecule has 15 heavy (non-hydrogen) atoms. The van der Waals surface area contributed by atoms with E-state index in [9.17, 15) is 9.59 Å². The van der Waals surface area contributed by atoms with Gasteiger partial charge in [0.25, 0.3) is 0 Å². The maximum Gasteiger partial charge on any atom is 0.354 e. The molecule has 1 amide bonds. The molecule has 0 aromatic carbocycles. The highest BCUT2D eigenvalue weighted by Crippen LogP contribution is 2.07. The zero-order chi connectivity index (χ0) is 11.3. The predicted octanol–water partition coefficient (Wildman–Crippen LogP) is 0.161. The topological polar surface area (TPSA) is 59.0 Å². The lowest BCUT2D eigenvalue weighted by Gasteiger charge is -2.18. The van der Waals surface area contributed by atoms with E-state index in [1.54, 1.807) is 0 Å². The van der Waals surface area contributed by atoms with E-state index < -0.39 is 5.97 Å². The molecular formula is C10H12N2O3. The fraction of sp³-hybridized carbons (Fsp3) is 0.500. The smallest absolute Gasteiger partial charge is 0.354 e. The molecular weight excluding hydrogens is 196 g/mol. The minimum atomic E-state index is -0.496. The van der Waals surface area contributed by atoms with Crippen molar-refractivity contribution in [2.45, 2.75) is 19.3 Å². The van der Waals surface area contributed by atoms with Crippen LogP contribution in [-0.4, -0.2) is 36.3 Å². The molecule has 0 fully saturated rings. The van der Waals surface area contributed by atoms with Gasteiger partial charge >= 0.3 is 5.97 Å². The summed E-state index contributed by atoms with van der Waals surface area (Å²) in [5.74, 6) is 1.76. The molecule has 0 saturated heterocycles. The van der Waals surface area contributed by atoms with Crippen molar-refractivity contribution in [3.05, 3.63) is 0 Å². The maximum atomic E-state index is 11.4. The number of hydrogen-bond acceptors (Lipinski definition) is 4. The molecule has 0 radical (unpaired) electrons. The fourth-order valence-corrected chi connectivity index (χ4v) is 1.10. The van der Waals surface area contributed by atoms with Crippen LogP contribution in [0.5, 0.6) is 0 Å². The SMILES string of the molecule is C#CCCOC(=O)C1=NN(C)C(=O)CC1. The molecule has 0 aliphatic carbocycles. The Labute approximate surface area is 88.1 Å². The van der Waals surface area contributed by atoms with E-state index in [0.717, 1.165) is 5.01 Å². The van der Waals surface area contributed by atoms with Gasteiger partial charge in [-0.05, 0) is 0 Å². The number of rotatable bonds is 3. The molecule has 1 heterocycles. The Morgan fingerprint density at radius 2 is 2.40 bits per heavy atom. The first-order valence-corrected chi connectivity index (χ1v) is 4.59.